The Morgan fingerprint density at radius 3 is 1.41 bits per heavy atom. The molecule has 1 aliphatic heterocycles. The van der Waals surface area contributed by atoms with Gasteiger partial charge < -0.3 is 39.4 Å². The number of allylic oxidation sites excluding steroid dienone is 2. The van der Waals surface area contributed by atoms with Crippen molar-refractivity contribution in [2.75, 3.05) is 19.8 Å². The summed E-state index contributed by atoms with van der Waals surface area (Å²) >= 11 is 0. The molecule has 1 aliphatic rings. The molecule has 0 radical (unpaired) electrons. The van der Waals surface area contributed by atoms with Crippen LogP contribution in [0.2, 0.25) is 0 Å². The molecule has 0 aromatic rings. The van der Waals surface area contributed by atoms with Crippen molar-refractivity contribution < 1.29 is 49.0 Å². The Kier molecular flexibility index (Phi) is 35.3. The van der Waals surface area contributed by atoms with E-state index in [1.54, 1.807) is 0 Å². The van der Waals surface area contributed by atoms with Crippen LogP contribution in [0.25, 0.3) is 0 Å². The van der Waals surface area contributed by atoms with E-state index in [-0.39, 0.29) is 32.0 Å². The van der Waals surface area contributed by atoms with Crippen molar-refractivity contribution in [3.63, 3.8) is 0 Å². The third kappa shape index (κ3) is 28.8. The second-order valence-corrected chi connectivity index (χ2v) is 16.2. The van der Waals surface area contributed by atoms with Crippen molar-refractivity contribution in [3.05, 3.63) is 12.2 Å². The zero-order valence-electron chi connectivity index (χ0n) is 35.9. The topological polar surface area (TPSA) is 152 Å². The highest BCUT2D eigenvalue weighted by atomic mass is 16.7. The quantitative estimate of drug-likeness (QED) is 0.0269. The minimum atomic E-state index is -1.59. The van der Waals surface area contributed by atoms with Crippen LogP contribution in [0.5, 0.6) is 0 Å². The Bertz CT molecular complexity index is 928. The van der Waals surface area contributed by atoms with Gasteiger partial charge in [0.2, 0.25) is 0 Å². The summed E-state index contributed by atoms with van der Waals surface area (Å²) in [5.41, 5.74) is 0. The van der Waals surface area contributed by atoms with Crippen molar-refractivity contribution in [1.29, 1.82) is 0 Å². The summed E-state index contributed by atoms with van der Waals surface area (Å²) in [4.78, 5) is 25.3. The van der Waals surface area contributed by atoms with Gasteiger partial charge in [-0.2, -0.15) is 0 Å². The van der Waals surface area contributed by atoms with Crippen molar-refractivity contribution in [2.45, 2.75) is 250 Å². The van der Waals surface area contributed by atoms with Gasteiger partial charge in [-0.25, -0.2) is 0 Å². The molecule has 1 rings (SSSR count). The molecule has 0 bridgehead atoms. The largest absolute Gasteiger partial charge is 0.462 e. The molecule has 6 atom stereocenters. The maximum Gasteiger partial charge on any atom is 0.306 e. The lowest BCUT2D eigenvalue weighted by Gasteiger charge is -2.39. The molecule has 6 unspecified atom stereocenters. The molecule has 4 N–H and O–H groups in total. The Hall–Kier alpha value is -1.56. The monoisotopic (exact) mass is 799 g/mol. The van der Waals surface area contributed by atoms with Crippen molar-refractivity contribution in [2.24, 2.45) is 0 Å². The van der Waals surface area contributed by atoms with Crippen molar-refractivity contribution in [1.82, 2.24) is 0 Å². The van der Waals surface area contributed by atoms with Crippen LogP contribution in [0.15, 0.2) is 12.2 Å². The molecule has 1 saturated heterocycles. The van der Waals surface area contributed by atoms with Gasteiger partial charge in [0.1, 0.15) is 31.0 Å². The fraction of sp³-hybridized carbons (Fsp3) is 0.913. The predicted molar refractivity (Wildman–Crippen MR) is 224 cm³/mol. The molecule has 10 nitrogen and oxygen atoms in total. The second kappa shape index (κ2) is 37.7. The fourth-order valence-electron chi connectivity index (χ4n) is 7.18. The van der Waals surface area contributed by atoms with Gasteiger partial charge in [-0.1, -0.05) is 174 Å². The van der Waals surface area contributed by atoms with Gasteiger partial charge >= 0.3 is 11.9 Å². The summed E-state index contributed by atoms with van der Waals surface area (Å²) in [6.45, 7) is 3.42. The summed E-state index contributed by atoms with van der Waals surface area (Å²) in [5.74, 6) is -0.806. The number of carbonyl (C=O) groups excluding carboxylic acids is 2. The maximum atomic E-state index is 12.7. The van der Waals surface area contributed by atoms with Crippen LogP contribution in [0.1, 0.15) is 213 Å². The molecule has 0 spiro atoms. The molecule has 0 aromatic carbocycles. The first-order valence-electron chi connectivity index (χ1n) is 23.3. The van der Waals surface area contributed by atoms with Crippen LogP contribution in [0, 0.1) is 0 Å². The van der Waals surface area contributed by atoms with Gasteiger partial charge in [-0.05, 0) is 38.5 Å². The van der Waals surface area contributed by atoms with Crippen LogP contribution >= 0.6 is 0 Å². The summed E-state index contributed by atoms with van der Waals surface area (Å²) in [5, 5.41) is 40.1. The van der Waals surface area contributed by atoms with E-state index in [1.165, 1.54) is 122 Å². The molecular weight excluding hydrogens is 712 g/mol. The van der Waals surface area contributed by atoms with Crippen molar-refractivity contribution in [3.8, 4) is 0 Å². The van der Waals surface area contributed by atoms with Crippen molar-refractivity contribution >= 4 is 11.9 Å². The number of rotatable bonds is 39. The number of ether oxygens (including phenoxy) is 4. The van der Waals surface area contributed by atoms with Crippen LogP contribution in [0.3, 0.4) is 0 Å². The zero-order chi connectivity index (χ0) is 40.9. The third-order valence-electron chi connectivity index (χ3n) is 10.9. The number of carbonyl (C=O) groups is 2. The molecule has 0 aromatic heterocycles. The van der Waals surface area contributed by atoms with Crippen LogP contribution < -0.4 is 0 Å². The predicted octanol–water partition coefficient (Wildman–Crippen LogP) is 9.95. The molecule has 330 valence electrons. The van der Waals surface area contributed by atoms with E-state index in [0.29, 0.717) is 6.42 Å². The molecule has 1 heterocycles. The molecule has 10 heteroatoms. The molecule has 0 amide bonds. The van der Waals surface area contributed by atoms with Gasteiger partial charge in [0.05, 0.1) is 13.2 Å². The Morgan fingerprint density at radius 2 is 0.946 bits per heavy atom. The average molecular weight is 799 g/mol. The van der Waals surface area contributed by atoms with Crippen LogP contribution in [-0.4, -0.2) is 89.0 Å². The maximum absolute atomic E-state index is 12.7. The van der Waals surface area contributed by atoms with Gasteiger partial charge in [0.15, 0.2) is 12.4 Å². The van der Waals surface area contributed by atoms with E-state index in [4.69, 9.17) is 18.9 Å². The lowest BCUT2D eigenvalue weighted by atomic mass is 9.99. The summed E-state index contributed by atoms with van der Waals surface area (Å²) in [6, 6.07) is 0. The van der Waals surface area contributed by atoms with Gasteiger partial charge in [0, 0.05) is 12.8 Å². The Morgan fingerprint density at radius 1 is 0.536 bits per heavy atom. The minimum Gasteiger partial charge on any atom is -0.462 e. The number of hydrogen-bond acceptors (Lipinski definition) is 10. The normalized spacial score (nSPS) is 20.4. The number of hydrogen-bond donors (Lipinski definition) is 4. The highest BCUT2D eigenvalue weighted by molar-refractivity contribution is 5.70. The Labute approximate surface area is 341 Å². The SMILES string of the molecule is CCCCCC/C=C\CCCCCCCC(=O)OC(COC(=O)CCCCCCCCCCCCCCCCCCCC)COC1OC(CO)C(O)C(O)C1O. The second-order valence-electron chi connectivity index (χ2n) is 16.2. The average Bonchev–Trinajstić information content (AvgIpc) is 3.19. The highest BCUT2D eigenvalue weighted by Crippen LogP contribution is 2.23. The smallest absolute Gasteiger partial charge is 0.306 e. The number of aliphatic hydroxyl groups excluding tert-OH is 4. The first kappa shape index (κ1) is 52.5. The molecule has 1 fully saturated rings. The molecule has 0 saturated carbocycles. The molecule has 56 heavy (non-hydrogen) atoms. The van der Waals surface area contributed by atoms with E-state index in [9.17, 15) is 30.0 Å². The Balaban J connectivity index is 2.29. The van der Waals surface area contributed by atoms with Gasteiger partial charge in [-0.15, -0.1) is 0 Å². The van der Waals surface area contributed by atoms with E-state index in [0.717, 1.165) is 57.8 Å². The van der Waals surface area contributed by atoms with Gasteiger partial charge in [0.25, 0.3) is 0 Å². The lowest BCUT2D eigenvalue weighted by Crippen LogP contribution is -2.59. The fourth-order valence-corrected chi connectivity index (χ4v) is 7.18. The summed E-state index contributed by atoms with van der Waals surface area (Å²) in [7, 11) is 0. The first-order valence-corrected chi connectivity index (χ1v) is 23.3. The molecular formula is C46H86O10. The highest BCUT2D eigenvalue weighted by Gasteiger charge is 2.44. The number of esters is 2. The summed E-state index contributed by atoms with van der Waals surface area (Å²) < 4.78 is 22.2. The van der Waals surface area contributed by atoms with E-state index < -0.39 is 49.4 Å². The number of aliphatic hydroxyl groups is 4. The van der Waals surface area contributed by atoms with Gasteiger partial charge in [-0.3, -0.25) is 9.59 Å². The third-order valence-corrected chi connectivity index (χ3v) is 10.9. The number of unbranched alkanes of at least 4 members (excludes halogenated alkanes) is 26. The first-order chi connectivity index (χ1) is 27.3. The van der Waals surface area contributed by atoms with Crippen LogP contribution in [0.4, 0.5) is 0 Å². The summed E-state index contributed by atoms with van der Waals surface area (Å²) in [6.07, 6.45) is 32.2. The standard InChI is InChI=1S/C46H86O10/c1-3-5-7-9-11-13-15-17-18-19-20-21-23-24-26-28-30-32-34-41(48)53-37-39(38-54-46-45(52)44(51)43(50)40(36-47)56-46)55-42(49)35-33-31-29-27-25-22-16-14-12-10-8-6-4-2/h14,16,39-40,43-47,50-52H,3-13,15,17-38H2,1-2H3/b16-14-. The zero-order valence-corrected chi connectivity index (χ0v) is 35.9. The van der Waals surface area contributed by atoms with Crippen LogP contribution in [-0.2, 0) is 28.5 Å². The minimum absolute atomic E-state index is 0.215. The van der Waals surface area contributed by atoms with E-state index in [1.807, 2.05) is 0 Å². The van der Waals surface area contributed by atoms with E-state index >= 15 is 0 Å². The molecule has 0 aliphatic carbocycles. The lowest BCUT2D eigenvalue weighted by molar-refractivity contribution is -0.305. The van der Waals surface area contributed by atoms with E-state index in [2.05, 4.69) is 26.0 Å².